The Bertz CT molecular complexity index is 419. The Morgan fingerprint density at radius 1 is 1.31 bits per heavy atom. The molecule has 0 amide bonds. The van der Waals surface area contributed by atoms with E-state index < -0.39 is 5.97 Å². The summed E-state index contributed by atoms with van der Waals surface area (Å²) in [6.45, 7) is 5.49. The van der Waals surface area contributed by atoms with Crippen molar-refractivity contribution in [3.8, 4) is 0 Å². The molecule has 0 radical (unpaired) electrons. The zero-order valence-corrected chi connectivity index (χ0v) is 9.78. The van der Waals surface area contributed by atoms with Crippen LogP contribution in [0.4, 0.5) is 0 Å². The van der Waals surface area contributed by atoms with E-state index in [4.69, 9.17) is 5.11 Å². The molecule has 1 aromatic carbocycles. The number of carboxylic acid groups (broad SMARTS) is 1. The molecule has 0 aliphatic rings. The van der Waals surface area contributed by atoms with Crippen LogP contribution in [-0.2, 0) is 11.2 Å². The fourth-order valence-electron chi connectivity index (χ4n) is 1.68. The average molecular weight is 220 g/mol. The molecule has 86 valence electrons. The summed E-state index contributed by atoms with van der Waals surface area (Å²) in [5.74, 6) is -0.630. The summed E-state index contributed by atoms with van der Waals surface area (Å²) in [4.78, 5) is 21.9. The third-order valence-corrected chi connectivity index (χ3v) is 2.52. The summed E-state index contributed by atoms with van der Waals surface area (Å²) < 4.78 is 0. The molecule has 1 rings (SSSR count). The van der Waals surface area contributed by atoms with E-state index in [2.05, 4.69) is 0 Å². The Morgan fingerprint density at radius 3 is 2.38 bits per heavy atom. The van der Waals surface area contributed by atoms with Crippen molar-refractivity contribution in [3.63, 3.8) is 0 Å². The minimum atomic E-state index is -0.850. The second-order valence-electron chi connectivity index (χ2n) is 4.19. The number of Topliss-reactive ketones (excluding diaryl/α,β-unsaturated/α-hetero) is 1. The number of rotatable bonds is 4. The van der Waals surface area contributed by atoms with Gasteiger partial charge in [-0.25, -0.2) is 0 Å². The van der Waals surface area contributed by atoms with Crippen LogP contribution in [0.3, 0.4) is 0 Å². The van der Waals surface area contributed by atoms with E-state index in [1.807, 2.05) is 13.8 Å². The molecule has 0 fully saturated rings. The van der Waals surface area contributed by atoms with Crippen molar-refractivity contribution in [2.75, 3.05) is 0 Å². The number of hydrogen-bond acceptors (Lipinski definition) is 2. The highest BCUT2D eigenvalue weighted by atomic mass is 16.4. The highest BCUT2D eigenvalue weighted by Crippen LogP contribution is 2.22. The van der Waals surface area contributed by atoms with Gasteiger partial charge in [0, 0.05) is 5.56 Å². The molecule has 0 aliphatic carbocycles. The maximum atomic E-state index is 11.2. The van der Waals surface area contributed by atoms with Crippen molar-refractivity contribution in [2.45, 2.75) is 33.1 Å². The van der Waals surface area contributed by atoms with Crippen molar-refractivity contribution < 1.29 is 14.7 Å². The van der Waals surface area contributed by atoms with E-state index in [-0.39, 0.29) is 18.1 Å². The lowest BCUT2D eigenvalue weighted by Crippen LogP contribution is -2.06. The van der Waals surface area contributed by atoms with E-state index in [0.717, 1.165) is 11.1 Å². The first-order valence-corrected chi connectivity index (χ1v) is 5.27. The summed E-state index contributed by atoms with van der Waals surface area (Å²) in [5.41, 5.74) is 2.36. The van der Waals surface area contributed by atoms with Gasteiger partial charge in [-0.1, -0.05) is 26.0 Å². The smallest absolute Gasteiger partial charge is 0.307 e. The SMILES string of the molecule is CC(=O)c1ccc(CC(=O)O)c(C(C)C)c1. The first-order chi connectivity index (χ1) is 7.41. The molecule has 3 heteroatoms. The summed E-state index contributed by atoms with van der Waals surface area (Å²) >= 11 is 0. The van der Waals surface area contributed by atoms with Crippen molar-refractivity contribution in [1.82, 2.24) is 0 Å². The lowest BCUT2D eigenvalue weighted by atomic mass is 9.92. The number of carbonyl (C=O) groups excluding carboxylic acids is 1. The molecule has 16 heavy (non-hydrogen) atoms. The standard InChI is InChI=1S/C13H16O3/c1-8(2)12-6-10(9(3)14)4-5-11(12)7-13(15)16/h4-6,8H,7H2,1-3H3,(H,15,16). The Labute approximate surface area is 95.1 Å². The molecule has 0 aromatic heterocycles. The Hall–Kier alpha value is -1.64. The van der Waals surface area contributed by atoms with Gasteiger partial charge in [-0.05, 0) is 30.0 Å². The van der Waals surface area contributed by atoms with Crippen LogP contribution in [0.2, 0.25) is 0 Å². The van der Waals surface area contributed by atoms with Gasteiger partial charge in [0.05, 0.1) is 6.42 Å². The summed E-state index contributed by atoms with van der Waals surface area (Å²) in [6, 6.07) is 5.22. The first kappa shape index (κ1) is 12.4. The Kier molecular flexibility index (Phi) is 3.82. The predicted octanol–water partition coefficient (Wildman–Crippen LogP) is 2.64. The van der Waals surface area contributed by atoms with Gasteiger partial charge in [-0.15, -0.1) is 0 Å². The zero-order chi connectivity index (χ0) is 12.3. The first-order valence-electron chi connectivity index (χ1n) is 5.27. The van der Waals surface area contributed by atoms with Gasteiger partial charge >= 0.3 is 5.97 Å². The second-order valence-corrected chi connectivity index (χ2v) is 4.19. The molecule has 0 saturated heterocycles. The molecule has 3 nitrogen and oxygen atoms in total. The van der Waals surface area contributed by atoms with Crippen molar-refractivity contribution in [2.24, 2.45) is 0 Å². The van der Waals surface area contributed by atoms with Gasteiger partial charge in [0.15, 0.2) is 5.78 Å². The molecular weight excluding hydrogens is 204 g/mol. The Balaban J connectivity index is 3.19. The lowest BCUT2D eigenvalue weighted by Gasteiger charge is -2.12. The van der Waals surface area contributed by atoms with Crippen LogP contribution >= 0.6 is 0 Å². The van der Waals surface area contributed by atoms with E-state index in [9.17, 15) is 9.59 Å². The monoisotopic (exact) mass is 220 g/mol. The number of carbonyl (C=O) groups is 2. The lowest BCUT2D eigenvalue weighted by molar-refractivity contribution is -0.136. The molecule has 0 atom stereocenters. The molecular formula is C13H16O3. The molecule has 0 bridgehead atoms. The van der Waals surface area contributed by atoms with Crippen LogP contribution in [0.5, 0.6) is 0 Å². The van der Waals surface area contributed by atoms with Crippen LogP contribution in [-0.4, -0.2) is 16.9 Å². The minimum absolute atomic E-state index is 0.00350. The van der Waals surface area contributed by atoms with Crippen molar-refractivity contribution >= 4 is 11.8 Å². The molecule has 1 aromatic rings. The highest BCUT2D eigenvalue weighted by molar-refractivity contribution is 5.94. The number of hydrogen-bond donors (Lipinski definition) is 1. The van der Waals surface area contributed by atoms with Gasteiger partial charge in [-0.3, -0.25) is 9.59 Å². The van der Waals surface area contributed by atoms with E-state index in [1.165, 1.54) is 6.92 Å². The van der Waals surface area contributed by atoms with Crippen LogP contribution in [0.25, 0.3) is 0 Å². The minimum Gasteiger partial charge on any atom is -0.481 e. The van der Waals surface area contributed by atoms with E-state index >= 15 is 0 Å². The second kappa shape index (κ2) is 4.92. The van der Waals surface area contributed by atoms with Crippen LogP contribution in [0.1, 0.15) is 48.2 Å². The Morgan fingerprint density at radius 2 is 1.94 bits per heavy atom. The van der Waals surface area contributed by atoms with Crippen molar-refractivity contribution in [1.29, 1.82) is 0 Å². The van der Waals surface area contributed by atoms with Gasteiger partial charge in [0.25, 0.3) is 0 Å². The highest BCUT2D eigenvalue weighted by Gasteiger charge is 2.12. The predicted molar refractivity (Wildman–Crippen MR) is 61.9 cm³/mol. The number of benzene rings is 1. The third-order valence-electron chi connectivity index (χ3n) is 2.52. The fourth-order valence-corrected chi connectivity index (χ4v) is 1.68. The van der Waals surface area contributed by atoms with E-state index in [1.54, 1.807) is 18.2 Å². The zero-order valence-electron chi connectivity index (χ0n) is 9.78. The quantitative estimate of drug-likeness (QED) is 0.793. The van der Waals surface area contributed by atoms with Gasteiger partial charge in [-0.2, -0.15) is 0 Å². The third kappa shape index (κ3) is 2.92. The number of carboxylic acids is 1. The molecule has 0 unspecified atom stereocenters. The summed E-state index contributed by atoms with van der Waals surface area (Å²) in [5, 5.41) is 8.78. The fraction of sp³-hybridized carbons (Fsp3) is 0.385. The molecule has 0 aliphatic heterocycles. The van der Waals surface area contributed by atoms with Gasteiger partial charge in [0.1, 0.15) is 0 Å². The molecule has 0 spiro atoms. The maximum absolute atomic E-state index is 11.2. The van der Waals surface area contributed by atoms with Crippen LogP contribution in [0, 0.1) is 0 Å². The number of aliphatic carboxylic acids is 1. The summed E-state index contributed by atoms with van der Waals surface area (Å²) in [7, 11) is 0. The largest absolute Gasteiger partial charge is 0.481 e. The topological polar surface area (TPSA) is 54.4 Å². The van der Waals surface area contributed by atoms with Gasteiger partial charge < -0.3 is 5.11 Å². The van der Waals surface area contributed by atoms with Crippen LogP contribution < -0.4 is 0 Å². The molecule has 0 saturated carbocycles. The summed E-state index contributed by atoms with van der Waals surface area (Å²) in [6.07, 6.45) is 0.00565. The maximum Gasteiger partial charge on any atom is 0.307 e. The van der Waals surface area contributed by atoms with Gasteiger partial charge in [0.2, 0.25) is 0 Å². The molecule has 0 heterocycles. The average Bonchev–Trinajstić information content (AvgIpc) is 2.16. The number of ketones is 1. The normalized spacial score (nSPS) is 10.5. The van der Waals surface area contributed by atoms with E-state index in [0.29, 0.717) is 5.56 Å². The molecule has 1 N–H and O–H groups in total. The van der Waals surface area contributed by atoms with Crippen LogP contribution in [0.15, 0.2) is 18.2 Å². The van der Waals surface area contributed by atoms with Crippen molar-refractivity contribution in [3.05, 3.63) is 34.9 Å².